The van der Waals surface area contributed by atoms with E-state index in [2.05, 4.69) is 59.3 Å². The van der Waals surface area contributed by atoms with Gasteiger partial charge in [0.05, 0.1) is 0 Å². The summed E-state index contributed by atoms with van der Waals surface area (Å²) in [7, 11) is 0. The van der Waals surface area contributed by atoms with Gasteiger partial charge in [-0.15, -0.1) is 22.7 Å². The number of fused-ring (bicyclic) bond motifs is 5. The molecule has 0 saturated heterocycles. The molecule has 0 saturated carbocycles. The molecular formula is C19H12S2. The summed E-state index contributed by atoms with van der Waals surface area (Å²) < 4.78 is 0. The fraction of sp³-hybridized carbons (Fsp3) is 0.0526. The standard InChI is InChI=1S/C19H12S2/c1-2-18(20-8-1)13-4-5-15-12(10-13)3-6-16-17(15)11-14-7-9-21-19(14)16/h1-10H,11H2. The molecule has 0 aliphatic heterocycles. The third-order valence-corrected chi connectivity index (χ3v) is 6.20. The maximum atomic E-state index is 2.33. The molecule has 0 spiro atoms. The van der Waals surface area contributed by atoms with E-state index in [4.69, 9.17) is 0 Å². The van der Waals surface area contributed by atoms with Crippen LogP contribution in [0.25, 0.3) is 31.7 Å². The lowest BCUT2D eigenvalue weighted by atomic mass is 9.98. The highest BCUT2D eigenvalue weighted by molar-refractivity contribution is 7.14. The average Bonchev–Trinajstić information content (AvgIpc) is 3.23. The quantitative estimate of drug-likeness (QED) is 0.346. The fourth-order valence-corrected chi connectivity index (χ4v) is 5.00. The predicted molar refractivity (Wildman–Crippen MR) is 93.4 cm³/mol. The number of rotatable bonds is 1. The Bertz CT molecular complexity index is 959. The Balaban J connectivity index is 1.74. The van der Waals surface area contributed by atoms with Crippen molar-refractivity contribution in [3.05, 3.63) is 70.4 Å². The van der Waals surface area contributed by atoms with E-state index in [-0.39, 0.29) is 0 Å². The molecule has 4 aromatic rings. The molecule has 0 amide bonds. The van der Waals surface area contributed by atoms with Gasteiger partial charge in [-0.3, -0.25) is 0 Å². The van der Waals surface area contributed by atoms with Crippen LogP contribution < -0.4 is 0 Å². The molecule has 0 bridgehead atoms. The van der Waals surface area contributed by atoms with Gasteiger partial charge in [-0.05, 0) is 62.0 Å². The minimum atomic E-state index is 1.09. The third-order valence-electron chi connectivity index (χ3n) is 4.30. The van der Waals surface area contributed by atoms with Crippen molar-refractivity contribution in [2.24, 2.45) is 0 Å². The molecule has 0 nitrogen and oxygen atoms in total. The van der Waals surface area contributed by atoms with Gasteiger partial charge in [0.1, 0.15) is 0 Å². The van der Waals surface area contributed by atoms with Crippen molar-refractivity contribution in [2.45, 2.75) is 6.42 Å². The summed E-state index contributed by atoms with van der Waals surface area (Å²) in [6, 6.07) is 18.1. The molecule has 0 atom stereocenters. The normalized spacial score (nSPS) is 12.6. The smallest absolute Gasteiger partial charge is 0.0381 e. The zero-order valence-corrected chi connectivity index (χ0v) is 12.9. The van der Waals surface area contributed by atoms with Crippen LogP contribution in [0.3, 0.4) is 0 Å². The number of hydrogen-bond donors (Lipinski definition) is 0. The second-order valence-corrected chi connectivity index (χ2v) is 7.32. The van der Waals surface area contributed by atoms with Crippen LogP contribution in [0.1, 0.15) is 11.1 Å². The van der Waals surface area contributed by atoms with Crippen molar-refractivity contribution in [3.8, 4) is 20.9 Å². The van der Waals surface area contributed by atoms with Crippen molar-refractivity contribution in [1.82, 2.24) is 0 Å². The lowest BCUT2D eigenvalue weighted by Gasteiger charge is -2.07. The van der Waals surface area contributed by atoms with Crippen LogP contribution in [0.4, 0.5) is 0 Å². The highest BCUT2D eigenvalue weighted by Gasteiger charge is 2.21. The van der Waals surface area contributed by atoms with E-state index in [9.17, 15) is 0 Å². The van der Waals surface area contributed by atoms with Gasteiger partial charge in [0, 0.05) is 16.2 Å². The molecule has 2 heterocycles. The van der Waals surface area contributed by atoms with Crippen LogP contribution in [0.15, 0.2) is 59.3 Å². The van der Waals surface area contributed by atoms with Gasteiger partial charge < -0.3 is 0 Å². The first kappa shape index (κ1) is 11.7. The molecule has 21 heavy (non-hydrogen) atoms. The second-order valence-electron chi connectivity index (χ2n) is 5.46. The number of benzene rings is 2. The van der Waals surface area contributed by atoms with Crippen LogP contribution >= 0.6 is 22.7 Å². The maximum absolute atomic E-state index is 2.33. The molecule has 5 rings (SSSR count). The fourth-order valence-electron chi connectivity index (χ4n) is 3.30. The predicted octanol–water partition coefficient (Wildman–Crippen LogP) is 6.20. The molecule has 0 unspecified atom stereocenters. The van der Waals surface area contributed by atoms with Crippen molar-refractivity contribution in [1.29, 1.82) is 0 Å². The van der Waals surface area contributed by atoms with Crippen LogP contribution in [0, 0.1) is 0 Å². The van der Waals surface area contributed by atoms with Gasteiger partial charge in [0.15, 0.2) is 0 Å². The van der Waals surface area contributed by atoms with Gasteiger partial charge in [-0.2, -0.15) is 0 Å². The van der Waals surface area contributed by atoms with Crippen molar-refractivity contribution in [2.75, 3.05) is 0 Å². The van der Waals surface area contributed by atoms with Crippen LogP contribution in [0.2, 0.25) is 0 Å². The summed E-state index contributed by atoms with van der Waals surface area (Å²) in [4.78, 5) is 2.81. The van der Waals surface area contributed by atoms with Crippen molar-refractivity contribution >= 4 is 33.4 Å². The third kappa shape index (κ3) is 1.66. The first-order valence-corrected chi connectivity index (χ1v) is 8.82. The minimum absolute atomic E-state index is 1.09. The molecule has 2 heteroatoms. The summed E-state index contributed by atoms with van der Waals surface area (Å²) in [5.41, 5.74) is 5.76. The Morgan fingerprint density at radius 3 is 2.76 bits per heavy atom. The summed E-state index contributed by atoms with van der Waals surface area (Å²) in [6.45, 7) is 0. The van der Waals surface area contributed by atoms with E-state index in [0.717, 1.165) is 6.42 Å². The maximum Gasteiger partial charge on any atom is 0.0381 e. The first-order chi connectivity index (χ1) is 10.4. The second kappa shape index (κ2) is 4.30. The van der Waals surface area contributed by atoms with Crippen LogP contribution in [0.5, 0.6) is 0 Å². The van der Waals surface area contributed by atoms with Crippen molar-refractivity contribution < 1.29 is 0 Å². The molecule has 2 aromatic heterocycles. The lowest BCUT2D eigenvalue weighted by molar-refractivity contribution is 1.30. The van der Waals surface area contributed by atoms with E-state index in [0.29, 0.717) is 0 Å². The van der Waals surface area contributed by atoms with Gasteiger partial charge in [-0.25, -0.2) is 0 Å². The molecule has 2 aromatic carbocycles. The van der Waals surface area contributed by atoms with E-state index >= 15 is 0 Å². The highest BCUT2D eigenvalue weighted by Crippen LogP contribution is 2.43. The molecule has 1 aliphatic rings. The van der Waals surface area contributed by atoms with Gasteiger partial charge in [0.25, 0.3) is 0 Å². The SMILES string of the molecule is c1csc(-c2ccc3c4c(ccc3c2)-c2sccc2C4)c1. The van der Waals surface area contributed by atoms with E-state index < -0.39 is 0 Å². The van der Waals surface area contributed by atoms with Crippen LogP contribution in [-0.2, 0) is 6.42 Å². The Kier molecular flexibility index (Phi) is 2.40. The van der Waals surface area contributed by atoms with Crippen molar-refractivity contribution in [3.63, 3.8) is 0 Å². The first-order valence-electron chi connectivity index (χ1n) is 7.06. The highest BCUT2D eigenvalue weighted by atomic mass is 32.1. The zero-order valence-electron chi connectivity index (χ0n) is 11.3. The molecule has 100 valence electrons. The Hall–Kier alpha value is -1.90. The molecule has 0 radical (unpaired) electrons. The summed E-state index contributed by atoms with van der Waals surface area (Å²) in [6.07, 6.45) is 1.09. The molecule has 0 fully saturated rings. The van der Waals surface area contributed by atoms with Gasteiger partial charge >= 0.3 is 0 Å². The average molecular weight is 304 g/mol. The lowest BCUT2D eigenvalue weighted by Crippen LogP contribution is -1.85. The minimum Gasteiger partial charge on any atom is -0.144 e. The Morgan fingerprint density at radius 2 is 1.86 bits per heavy atom. The number of thiophene rings is 2. The van der Waals surface area contributed by atoms with Gasteiger partial charge in [0.2, 0.25) is 0 Å². The Labute approximate surface area is 131 Å². The van der Waals surface area contributed by atoms with Crippen LogP contribution in [-0.4, -0.2) is 0 Å². The molecule has 1 aliphatic carbocycles. The van der Waals surface area contributed by atoms with E-state index in [1.54, 1.807) is 11.3 Å². The summed E-state index contributed by atoms with van der Waals surface area (Å²) >= 11 is 3.67. The van der Waals surface area contributed by atoms with Gasteiger partial charge in [-0.1, -0.05) is 30.3 Å². The zero-order chi connectivity index (χ0) is 13.8. The topological polar surface area (TPSA) is 0 Å². The van der Waals surface area contributed by atoms with E-state index in [1.807, 2.05) is 11.3 Å². The molecular weight excluding hydrogens is 292 g/mol. The largest absolute Gasteiger partial charge is 0.144 e. The summed E-state index contributed by atoms with van der Waals surface area (Å²) in [5, 5.41) is 7.11. The van der Waals surface area contributed by atoms with E-state index in [1.165, 1.54) is 42.8 Å². The molecule has 0 N–H and O–H groups in total. The number of hydrogen-bond acceptors (Lipinski definition) is 2. The summed E-state index contributed by atoms with van der Waals surface area (Å²) in [5.74, 6) is 0. The monoisotopic (exact) mass is 304 g/mol. The Morgan fingerprint density at radius 1 is 0.857 bits per heavy atom.